The number of hydrogen-bond acceptors (Lipinski definition) is 3. The van der Waals surface area contributed by atoms with E-state index < -0.39 is 0 Å². The summed E-state index contributed by atoms with van der Waals surface area (Å²) < 4.78 is 1.39. The third-order valence-corrected chi connectivity index (χ3v) is 2.00. The van der Waals surface area contributed by atoms with Crippen LogP contribution in [0.5, 0.6) is 0 Å². The van der Waals surface area contributed by atoms with Crippen LogP contribution in [0.3, 0.4) is 0 Å². The zero-order valence-corrected chi connectivity index (χ0v) is 7.69. The standard InChI is InChI=1S/C9H10N4O/c1-13-9(14)7(5-12-13)8-4-6(10)2-3-11-8/h2-5,12H,1H3,(H2,10,11). The van der Waals surface area contributed by atoms with E-state index in [1.807, 2.05) is 0 Å². The van der Waals surface area contributed by atoms with E-state index >= 15 is 0 Å². The Morgan fingerprint density at radius 1 is 1.57 bits per heavy atom. The number of nitrogens with zero attached hydrogens (tertiary/aromatic N) is 2. The maximum absolute atomic E-state index is 11.5. The number of anilines is 1. The number of H-pyrrole nitrogens is 1. The Bertz CT molecular complexity index is 512. The monoisotopic (exact) mass is 190 g/mol. The van der Waals surface area contributed by atoms with Crippen LogP contribution in [0, 0.1) is 0 Å². The van der Waals surface area contributed by atoms with Gasteiger partial charge in [0.1, 0.15) is 0 Å². The van der Waals surface area contributed by atoms with Gasteiger partial charge in [0.25, 0.3) is 5.56 Å². The molecule has 0 saturated carbocycles. The van der Waals surface area contributed by atoms with E-state index in [2.05, 4.69) is 10.1 Å². The van der Waals surface area contributed by atoms with Crippen LogP contribution in [0.4, 0.5) is 5.69 Å². The minimum absolute atomic E-state index is 0.108. The quantitative estimate of drug-likeness (QED) is 0.681. The first kappa shape index (κ1) is 8.55. The molecule has 0 bridgehead atoms. The fourth-order valence-corrected chi connectivity index (χ4v) is 1.24. The second-order valence-corrected chi connectivity index (χ2v) is 3.03. The molecule has 0 atom stereocenters. The molecule has 2 rings (SSSR count). The molecule has 2 aromatic rings. The maximum Gasteiger partial charge on any atom is 0.275 e. The fourth-order valence-electron chi connectivity index (χ4n) is 1.24. The van der Waals surface area contributed by atoms with Crippen LogP contribution in [-0.4, -0.2) is 14.8 Å². The molecule has 2 heterocycles. The lowest BCUT2D eigenvalue weighted by Crippen LogP contribution is -2.13. The van der Waals surface area contributed by atoms with Crippen molar-refractivity contribution in [2.75, 3.05) is 5.73 Å². The Hall–Kier alpha value is -2.04. The summed E-state index contributed by atoms with van der Waals surface area (Å²) in [4.78, 5) is 15.6. The van der Waals surface area contributed by atoms with Crippen molar-refractivity contribution in [3.8, 4) is 11.3 Å². The van der Waals surface area contributed by atoms with Gasteiger partial charge in [-0.3, -0.25) is 14.5 Å². The van der Waals surface area contributed by atoms with Crippen LogP contribution >= 0.6 is 0 Å². The molecule has 5 heteroatoms. The second kappa shape index (κ2) is 3.02. The number of nitrogen functional groups attached to an aromatic ring is 1. The van der Waals surface area contributed by atoms with Gasteiger partial charge in [-0.1, -0.05) is 0 Å². The molecule has 5 nitrogen and oxygen atoms in total. The Morgan fingerprint density at radius 3 is 2.93 bits per heavy atom. The zero-order chi connectivity index (χ0) is 10.1. The molecule has 0 aliphatic rings. The van der Waals surface area contributed by atoms with Crippen molar-refractivity contribution in [2.45, 2.75) is 0 Å². The largest absolute Gasteiger partial charge is 0.399 e. The smallest absolute Gasteiger partial charge is 0.275 e. The van der Waals surface area contributed by atoms with Crippen LogP contribution in [0.2, 0.25) is 0 Å². The number of aromatic amines is 1. The van der Waals surface area contributed by atoms with E-state index in [9.17, 15) is 4.79 Å². The highest BCUT2D eigenvalue weighted by Gasteiger charge is 2.07. The summed E-state index contributed by atoms with van der Waals surface area (Å²) in [5, 5.41) is 2.78. The highest BCUT2D eigenvalue weighted by Crippen LogP contribution is 2.13. The Morgan fingerprint density at radius 2 is 2.36 bits per heavy atom. The third-order valence-electron chi connectivity index (χ3n) is 2.00. The summed E-state index contributed by atoms with van der Waals surface area (Å²) in [7, 11) is 1.65. The first-order valence-corrected chi connectivity index (χ1v) is 4.15. The van der Waals surface area contributed by atoms with Gasteiger partial charge in [0.2, 0.25) is 0 Å². The minimum atomic E-state index is -0.108. The van der Waals surface area contributed by atoms with Crippen molar-refractivity contribution in [3.05, 3.63) is 34.9 Å². The highest BCUT2D eigenvalue weighted by molar-refractivity contribution is 5.61. The van der Waals surface area contributed by atoms with Crippen molar-refractivity contribution < 1.29 is 0 Å². The predicted octanol–water partition coefficient (Wildman–Crippen LogP) is 0.358. The van der Waals surface area contributed by atoms with E-state index in [0.29, 0.717) is 16.9 Å². The van der Waals surface area contributed by atoms with E-state index in [1.165, 1.54) is 4.68 Å². The predicted molar refractivity (Wildman–Crippen MR) is 53.7 cm³/mol. The second-order valence-electron chi connectivity index (χ2n) is 3.03. The molecule has 0 fully saturated rings. The van der Waals surface area contributed by atoms with Gasteiger partial charge in [-0.15, -0.1) is 0 Å². The van der Waals surface area contributed by atoms with E-state index in [0.717, 1.165) is 0 Å². The van der Waals surface area contributed by atoms with Crippen LogP contribution in [-0.2, 0) is 7.05 Å². The van der Waals surface area contributed by atoms with Crippen LogP contribution < -0.4 is 11.3 Å². The molecule has 14 heavy (non-hydrogen) atoms. The van der Waals surface area contributed by atoms with E-state index in [-0.39, 0.29) is 5.56 Å². The molecule has 2 aromatic heterocycles. The molecule has 0 amide bonds. The first-order chi connectivity index (χ1) is 6.68. The number of aryl methyl sites for hydroxylation is 1. The van der Waals surface area contributed by atoms with Gasteiger partial charge in [-0.2, -0.15) is 0 Å². The van der Waals surface area contributed by atoms with Crippen molar-refractivity contribution >= 4 is 5.69 Å². The number of nitrogens with one attached hydrogen (secondary N) is 1. The van der Waals surface area contributed by atoms with Crippen molar-refractivity contribution in [3.63, 3.8) is 0 Å². The van der Waals surface area contributed by atoms with Crippen LogP contribution in [0.1, 0.15) is 0 Å². The molecule has 0 unspecified atom stereocenters. The maximum atomic E-state index is 11.5. The van der Waals surface area contributed by atoms with Crippen LogP contribution in [0.25, 0.3) is 11.3 Å². The van der Waals surface area contributed by atoms with Crippen molar-refractivity contribution in [2.24, 2.45) is 7.05 Å². The molecule has 0 spiro atoms. The van der Waals surface area contributed by atoms with E-state index in [4.69, 9.17) is 5.73 Å². The number of rotatable bonds is 1. The van der Waals surface area contributed by atoms with E-state index in [1.54, 1.807) is 31.6 Å². The van der Waals surface area contributed by atoms with Crippen LogP contribution in [0.15, 0.2) is 29.3 Å². The van der Waals surface area contributed by atoms with Crippen molar-refractivity contribution in [1.29, 1.82) is 0 Å². The number of hydrogen-bond donors (Lipinski definition) is 2. The summed E-state index contributed by atoms with van der Waals surface area (Å²) in [6.07, 6.45) is 3.20. The average molecular weight is 190 g/mol. The molecule has 0 aromatic carbocycles. The van der Waals surface area contributed by atoms with Gasteiger partial charge in [0.05, 0.1) is 11.3 Å². The third kappa shape index (κ3) is 1.28. The Kier molecular flexibility index (Phi) is 1.85. The summed E-state index contributed by atoms with van der Waals surface area (Å²) in [6.45, 7) is 0. The average Bonchev–Trinajstić information content (AvgIpc) is 2.48. The van der Waals surface area contributed by atoms with Gasteiger partial charge >= 0.3 is 0 Å². The van der Waals surface area contributed by atoms with Gasteiger partial charge in [-0.05, 0) is 12.1 Å². The van der Waals surface area contributed by atoms with Gasteiger partial charge in [-0.25, -0.2) is 0 Å². The lowest BCUT2D eigenvalue weighted by molar-refractivity contribution is 0.740. The first-order valence-electron chi connectivity index (χ1n) is 4.15. The summed E-state index contributed by atoms with van der Waals surface area (Å²) >= 11 is 0. The van der Waals surface area contributed by atoms with Gasteiger partial charge in [0, 0.05) is 25.1 Å². The molecule has 0 saturated heterocycles. The number of aromatic nitrogens is 3. The van der Waals surface area contributed by atoms with Gasteiger partial charge in [0.15, 0.2) is 0 Å². The summed E-state index contributed by atoms with van der Waals surface area (Å²) in [5.41, 5.74) is 7.20. The highest BCUT2D eigenvalue weighted by atomic mass is 16.1. The SMILES string of the molecule is Cn1[nH]cc(-c2cc(N)ccn2)c1=O. The Labute approximate surface area is 80.2 Å². The molecule has 0 aliphatic carbocycles. The normalized spacial score (nSPS) is 10.4. The summed E-state index contributed by atoms with van der Waals surface area (Å²) in [6, 6.07) is 3.35. The molecule has 72 valence electrons. The van der Waals surface area contributed by atoms with Crippen molar-refractivity contribution in [1.82, 2.24) is 14.8 Å². The lowest BCUT2D eigenvalue weighted by atomic mass is 10.2. The molecule has 0 aliphatic heterocycles. The topological polar surface area (TPSA) is 76.7 Å². The molecular formula is C9H10N4O. The minimum Gasteiger partial charge on any atom is -0.399 e. The van der Waals surface area contributed by atoms with Gasteiger partial charge < -0.3 is 10.8 Å². The zero-order valence-electron chi connectivity index (χ0n) is 7.69. The molecule has 0 radical (unpaired) electrons. The summed E-state index contributed by atoms with van der Waals surface area (Å²) in [5.74, 6) is 0. The fraction of sp³-hybridized carbons (Fsp3) is 0.111. The Balaban J connectivity index is 2.60. The number of pyridine rings is 1. The molecular weight excluding hydrogens is 180 g/mol. The number of nitrogens with two attached hydrogens (primary N) is 1. The lowest BCUT2D eigenvalue weighted by Gasteiger charge is -1.95. The molecule has 3 N–H and O–H groups in total.